The van der Waals surface area contributed by atoms with E-state index in [0.717, 1.165) is 26.8 Å². The summed E-state index contributed by atoms with van der Waals surface area (Å²) in [4.78, 5) is 20.0. The molecule has 2 N–H and O–H groups in total. The van der Waals surface area contributed by atoms with E-state index in [1.807, 2.05) is 24.4 Å². The molecule has 0 fully saturated rings. The molecule has 2 aromatic rings. The Balaban J connectivity index is 1.97. The Morgan fingerprint density at radius 2 is 2.32 bits per heavy atom. The number of aromatic amines is 1. The Kier molecular flexibility index (Phi) is 3.02. The van der Waals surface area contributed by atoms with Gasteiger partial charge < -0.3 is 15.0 Å². The van der Waals surface area contributed by atoms with Gasteiger partial charge in [-0.3, -0.25) is 0 Å². The van der Waals surface area contributed by atoms with E-state index < -0.39 is 6.09 Å². The van der Waals surface area contributed by atoms with Gasteiger partial charge >= 0.3 is 6.09 Å². The Morgan fingerprint density at radius 3 is 3.00 bits per heavy atom. The maximum atomic E-state index is 10.9. The van der Waals surface area contributed by atoms with Crippen molar-refractivity contribution in [2.24, 2.45) is 0 Å². The van der Waals surface area contributed by atoms with Crippen molar-refractivity contribution < 1.29 is 9.90 Å². The summed E-state index contributed by atoms with van der Waals surface area (Å²) in [5.41, 5.74) is 4.11. The smallest absolute Gasteiger partial charge is 0.407 e. The molecule has 1 amide bonds. The molecular weight excluding hydrogens is 310 g/mol. The molecule has 3 rings (SSSR count). The highest BCUT2D eigenvalue weighted by Crippen LogP contribution is 2.28. The minimum Gasteiger partial charge on any atom is -0.465 e. The third-order valence-corrected chi connectivity index (χ3v) is 3.76. The molecule has 0 aromatic carbocycles. The van der Waals surface area contributed by atoms with Gasteiger partial charge in [0.05, 0.1) is 11.0 Å². The summed E-state index contributed by atoms with van der Waals surface area (Å²) < 4.78 is 0.796. The lowest BCUT2D eigenvalue weighted by atomic mass is 10.0. The normalized spacial score (nSPS) is 15.6. The zero-order valence-electron chi connectivity index (χ0n) is 10.1. The topological polar surface area (TPSA) is 69.2 Å². The molecule has 0 atom stereocenters. The molecule has 2 aromatic heterocycles. The monoisotopic (exact) mass is 321 g/mol. The van der Waals surface area contributed by atoms with Crippen LogP contribution in [0.1, 0.15) is 12.0 Å². The van der Waals surface area contributed by atoms with E-state index in [9.17, 15) is 4.79 Å². The van der Waals surface area contributed by atoms with Gasteiger partial charge in [0.2, 0.25) is 0 Å². The number of fused-ring (bicyclic) bond motifs is 1. The molecule has 19 heavy (non-hydrogen) atoms. The van der Waals surface area contributed by atoms with Crippen LogP contribution in [0.2, 0.25) is 0 Å². The minimum atomic E-state index is -0.866. The Labute approximate surface area is 118 Å². The molecule has 3 heterocycles. The summed E-state index contributed by atoms with van der Waals surface area (Å²) in [6, 6.07) is 3.87. The summed E-state index contributed by atoms with van der Waals surface area (Å²) >= 11 is 3.37. The van der Waals surface area contributed by atoms with Crippen molar-refractivity contribution in [3.05, 3.63) is 34.6 Å². The van der Waals surface area contributed by atoms with Crippen LogP contribution in [0.5, 0.6) is 0 Å². The summed E-state index contributed by atoms with van der Waals surface area (Å²) in [6.45, 7) is 0.965. The van der Waals surface area contributed by atoms with E-state index in [1.54, 1.807) is 0 Å². The summed E-state index contributed by atoms with van der Waals surface area (Å²) in [5.74, 6) is 0. The number of halogens is 1. The molecule has 5 nitrogen and oxygen atoms in total. The van der Waals surface area contributed by atoms with Crippen LogP contribution in [-0.2, 0) is 0 Å². The number of aromatic nitrogens is 2. The molecule has 1 aliphatic rings. The minimum absolute atomic E-state index is 0.436. The summed E-state index contributed by atoms with van der Waals surface area (Å²) in [7, 11) is 0. The zero-order chi connectivity index (χ0) is 13.4. The van der Waals surface area contributed by atoms with Crippen molar-refractivity contribution >= 4 is 38.6 Å². The van der Waals surface area contributed by atoms with Gasteiger partial charge in [-0.2, -0.15) is 0 Å². The van der Waals surface area contributed by atoms with Gasteiger partial charge in [0.1, 0.15) is 4.60 Å². The van der Waals surface area contributed by atoms with Crippen molar-refractivity contribution in [1.29, 1.82) is 0 Å². The van der Waals surface area contributed by atoms with Crippen LogP contribution < -0.4 is 0 Å². The molecular formula is C13H12BrN3O2. The first-order valence-electron chi connectivity index (χ1n) is 5.96. The number of carboxylic acid groups (broad SMARTS) is 1. The van der Waals surface area contributed by atoms with Gasteiger partial charge in [0.15, 0.2) is 0 Å². The first kappa shape index (κ1) is 12.2. The number of pyridine rings is 1. The van der Waals surface area contributed by atoms with Crippen molar-refractivity contribution in [3.8, 4) is 0 Å². The molecule has 6 heteroatoms. The highest BCUT2D eigenvalue weighted by molar-refractivity contribution is 9.10. The zero-order valence-corrected chi connectivity index (χ0v) is 11.6. The lowest BCUT2D eigenvalue weighted by Gasteiger charge is -2.23. The molecule has 1 aliphatic heterocycles. The van der Waals surface area contributed by atoms with Gasteiger partial charge in [0, 0.05) is 24.8 Å². The largest absolute Gasteiger partial charge is 0.465 e. The van der Waals surface area contributed by atoms with Crippen LogP contribution >= 0.6 is 15.9 Å². The van der Waals surface area contributed by atoms with Crippen LogP contribution in [-0.4, -0.2) is 39.2 Å². The van der Waals surface area contributed by atoms with Crippen molar-refractivity contribution in [2.45, 2.75) is 6.42 Å². The molecule has 98 valence electrons. The Bertz CT molecular complexity index is 678. The van der Waals surface area contributed by atoms with Crippen LogP contribution in [0.3, 0.4) is 0 Å². The first-order valence-corrected chi connectivity index (χ1v) is 6.75. The van der Waals surface area contributed by atoms with Gasteiger partial charge in [-0.15, -0.1) is 0 Å². The van der Waals surface area contributed by atoms with E-state index >= 15 is 0 Å². The number of nitrogens with one attached hydrogen (secondary N) is 1. The molecule has 0 radical (unpaired) electrons. The van der Waals surface area contributed by atoms with Gasteiger partial charge in [0.25, 0.3) is 0 Å². The second-order valence-corrected chi connectivity index (χ2v) is 5.25. The Morgan fingerprint density at radius 1 is 1.47 bits per heavy atom. The van der Waals surface area contributed by atoms with Crippen LogP contribution in [0.25, 0.3) is 16.6 Å². The van der Waals surface area contributed by atoms with Gasteiger partial charge in [-0.25, -0.2) is 9.78 Å². The van der Waals surface area contributed by atoms with E-state index in [1.165, 1.54) is 4.90 Å². The highest BCUT2D eigenvalue weighted by atomic mass is 79.9. The summed E-state index contributed by atoms with van der Waals surface area (Å²) in [6.07, 6.45) is 3.75. The number of H-pyrrole nitrogens is 1. The van der Waals surface area contributed by atoms with Crippen molar-refractivity contribution in [2.75, 3.05) is 13.1 Å². The number of rotatable bonds is 1. The number of hydrogen-bond acceptors (Lipinski definition) is 2. The van der Waals surface area contributed by atoms with E-state index in [0.29, 0.717) is 19.5 Å². The first-order chi connectivity index (χ1) is 9.15. The van der Waals surface area contributed by atoms with E-state index in [2.05, 4.69) is 25.9 Å². The quantitative estimate of drug-likeness (QED) is 0.793. The van der Waals surface area contributed by atoms with Crippen LogP contribution in [0.15, 0.2) is 29.0 Å². The number of hydrogen-bond donors (Lipinski definition) is 2. The van der Waals surface area contributed by atoms with Crippen molar-refractivity contribution in [3.63, 3.8) is 0 Å². The number of amides is 1. The lowest BCUT2D eigenvalue weighted by molar-refractivity contribution is 0.150. The Hall–Kier alpha value is -1.82. The number of carbonyl (C=O) groups is 1. The lowest BCUT2D eigenvalue weighted by Crippen LogP contribution is -2.33. The van der Waals surface area contributed by atoms with Crippen molar-refractivity contribution in [1.82, 2.24) is 14.9 Å². The predicted molar refractivity (Wildman–Crippen MR) is 76.0 cm³/mol. The molecule has 0 spiro atoms. The summed E-state index contributed by atoms with van der Waals surface area (Å²) in [5, 5.41) is 8.94. The highest BCUT2D eigenvalue weighted by Gasteiger charge is 2.18. The predicted octanol–water partition coefficient (Wildman–Crippen LogP) is 3.09. The standard InChI is InChI=1S/C13H12BrN3O2/c14-11-2-1-10-12(16-11)9(7-15-10)8-3-5-17(6-4-8)13(18)19/h1-3,7,15H,4-6H2,(H,18,19). The fraction of sp³-hybridized carbons (Fsp3) is 0.231. The number of nitrogens with zero attached hydrogens (tertiary/aromatic N) is 2. The fourth-order valence-electron chi connectivity index (χ4n) is 2.31. The SMILES string of the molecule is O=C(O)N1CC=C(c2c[nH]c3ccc(Br)nc23)CC1. The molecule has 0 saturated carbocycles. The maximum Gasteiger partial charge on any atom is 0.407 e. The average molecular weight is 322 g/mol. The van der Waals surface area contributed by atoms with Gasteiger partial charge in [-0.1, -0.05) is 6.08 Å². The molecule has 0 aliphatic carbocycles. The second kappa shape index (κ2) is 4.70. The van der Waals surface area contributed by atoms with E-state index in [-0.39, 0.29) is 0 Å². The molecule has 0 unspecified atom stereocenters. The molecule has 0 bridgehead atoms. The van der Waals surface area contributed by atoms with Crippen LogP contribution in [0.4, 0.5) is 4.79 Å². The second-order valence-electron chi connectivity index (χ2n) is 4.44. The average Bonchev–Trinajstić information content (AvgIpc) is 2.81. The fourth-order valence-corrected chi connectivity index (χ4v) is 2.62. The molecule has 0 saturated heterocycles. The third-order valence-electron chi connectivity index (χ3n) is 3.31. The van der Waals surface area contributed by atoms with Gasteiger partial charge in [-0.05, 0) is 40.1 Å². The van der Waals surface area contributed by atoms with E-state index in [4.69, 9.17) is 5.11 Å². The third kappa shape index (κ3) is 2.23. The van der Waals surface area contributed by atoms with Crippen LogP contribution in [0, 0.1) is 0 Å². The maximum absolute atomic E-state index is 10.9.